The fourth-order valence-corrected chi connectivity index (χ4v) is 11.9. The monoisotopic (exact) mass is 512 g/mol. The number of rotatable bonds is 8. The van der Waals surface area contributed by atoms with Crippen LogP contribution in [0, 0.1) is 5.92 Å². The van der Waals surface area contributed by atoms with Gasteiger partial charge in [0.2, 0.25) is 0 Å². The van der Waals surface area contributed by atoms with Crippen molar-refractivity contribution < 1.29 is 9.53 Å². The Morgan fingerprint density at radius 3 is 1.50 bits per heavy atom. The summed E-state index contributed by atoms with van der Waals surface area (Å²) in [6.45, 7) is 7.87. The third kappa shape index (κ3) is 5.00. The van der Waals surface area contributed by atoms with E-state index in [-0.39, 0.29) is 11.9 Å². The zero-order chi connectivity index (χ0) is 23.3. The average molecular weight is 513 g/mol. The van der Waals surface area contributed by atoms with Crippen molar-refractivity contribution in [2.24, 2.45) is 5.92 Å². The molecule has 32 heavy (non-hydrogen) atoms. The first-order valence-electron chi connectivity index (χ1n) is 11.3. The quantitative estimate of drug-likeness (QED) is 0.251. The Bertz CT molecular complexity index is 914. The Labute approximate surface area is 201 Å². The summed E-state index contributed by atoms with van der Waals surface area (Å²) in [5.74, 6) is -0.254. The SMILES string of the molecule is CCC(CCP(Br)(c1ccccc1)(c1ccccc1)c1ccccc1)C(=O)OC(C)(C)C. The normalized spacial score (nSPS) is 14.2. The molecule has 0 aromatic heterocycles. The predicted octanol–water partition coefficient (Wildman–Crippen LogP) is 6.58. The van der Waals surface area contributed by atoms with Crippen LogP contribution in [0.4, 0.5) is 0 Å². The van der Waals surface area contributed by atoms with Gasteiger partial charge in [-0.15, -0.1) is 0 Å². The van der Waals surface area contributed by atoms with E-state index in [0.29, 0.717) is 0 Å². The molecule has 1 unspecified atom stereocenters. The van der Waals surface area contributed by atoms with E-state index in [0.717, 1.165) is 19.0 Å². The van der Waals surface area contributed by atoms with Crippen molar-refractivity contribution in [1.82, 2.24) is 0 Å². The molecule has 0 heterocycles. The number of ether oxygens (including phenoxy) is 1. The van der Waals surface area contributed by atoms with Crippen molar-refractivity contribution in [2.75, 3.05) is 6.16 Å². The van der Waals surface area contributed by atoms with Gasteiger partial charge >= 0.3 is 201 Å². The maximum absolute atomic E-state index is 13.0. The number of halogens is 1. The molecule has 3 aromatic carbocycles. The Kier molecular flexibility index (Phi) is 7.63. The fraction of sp³-hybridized carbons (Fsp3) is 0.321. The van der Waals surface area contributed by atoms with Crippen molar-refractivity contribution in [2.45, 2.75) is 46.1 Å². The molecule has 0 N–H and O–H groups in total. The second-order valence-electron chi connectivity index (χ2n) is 9.34. The van der Waals surface area contributed by atoms with E-state index in [1.54, 1.807) is 0 Å². The first-order valence-corrected chi connectivity index (χ1v) is 15.8. The molecule has 3 aromatic rings. The van der Waals surface area contributed by atoms with Gasteiger partial charge < -0.3 is 0 Å². The van der Waals surface area contributed by atoms with Gasteiger partial charge in [0.05, 0.1) is 0 Å². The van der Waals surface area contributed by atoms with Crippen LogP contribution in [-0.2, 0) is 9.53 Å². The van der Waals surface area contributed by atoms with Gasteiger partial charge in [0.15, 0.2) is 0 Å². The Morgan fingerprint density at radius 1 is 0.812 bits per heavy atom. The van der Waals surface area contributed by atoms with Gasteiger partial charge in [-0.3, -0.25) is 0 Å². The third-order valence-electron chi connectivity index (χ3n) is 6.01. The fourth-order valence-electron chi connectivity index (χ4n) is 4.32. The molecule has 0 bridgehead atoms. The molecule has 0 saturated carbocycles. The summed E-state index contributed by atoms with van der Waals surface area (Å²) in [7, 11) is 0. The summed E-state index contributed by atoms with van der Waals surface area (Å²) < 4.78 is 5.77. The van der Waals surface area contributed by atoms with Gasteiger partial charge in [-0.1, -0.05) is 0 Å². The van der Waals surface area contributed by atoms with Crippen molar-refractivity contribution in [1.29, 1.82) is 0 Å². The first-order chi connectivity index (χ1) is 15.2. The van der Waals surface area contributed by atoms with Gasteiger partial charge in [-0.25, -0.2) is 0 Å². The number of esters is 1. The molecular weight excluding hydrogens is 479 g/mol. The summed E-state index contributed by atoms with van der Waals surface area (Å²) in [4.78, 5) is 13.0. The van der Waals surface area contributed by atoms with Gasteiger partial charge in [0.1, 0.15) is 0 Å². The second kappa shape index (κ2) is 9.89. The maximum atomic E-state index is 13.0. The van der Waals surface area contributed by atoms with Crippen molar-refractivity contribution >= 4 is 42.7 Å². The predicted molar refractivity (Wildman–Crippen MR) is 143 cm³/mol. The number of carbonyl (C=O) groups is 1. The Morgan fingerprint density at radius 2 is 1.19 bits per heavy atom. The van der Waals surface area contributed by atoms with Crippen LogP contribution in [0.25, 0.3) is 0 Å². The van der Waals surface area contributed by atoms with E-state index in [9.17, 15) is 4.79 Å². The van der Waals surface area contributed by atoms with Crippen molar-refractivity contribution in [3.63, 3.8) is 0 Å². The van der Waals surface area contributed by atoms with E-state index in [4.69, 9.17) is 4.74 Å². The summed E-state index contributed by atoms with van der Waals surface area (Å²) in [6.07, 6.45) is 2.33. The van der Waals surface area contributed by atoms with Crippen molar-refractivity contribution in [3.8, 4) is 0 Å². The van der Waals surface area contributed by atoms with Gasteiger partial charge in [-0.2, -0.15) is 0 Å². The van der Waals surface area contributed by atoms with E-state index in [1.807, 2.05) is 20.8 Å². The topological polar surface area (TPSA) is 26.3 Å². The average Bonchev–Trinajstić information content (AvgIpc) is 2.80. The molecule has 2 nitrogen and oxygen atoms in total. The van der Waals surface area contributed by atoms with Crippen LogP contribution in [0.5, 0.6) is 0 Å². The number of carbonyl (C=O) groups excluding carboxylic acids is 1. The van der Waals surface area contributed by atoms with Crippen LogP contribution in [0.3, 0.4) is 0 Å². The van der Waals surface area contributed by atoms with Gasteiger partial charge in [0, 0.05) is 0 Å². The molecule has 4 heteroatoms. The Hall–Kier alpha value is -1.96. The van der Waals surface area contributed by atoms with E-state index < -0.39 is 10.9 Å². The van der Waals surface area contributed by atoms with Crippen LogP contribution in [0.1, 0.15) is 40.5 Å². The number of benzene rings is 3. The molecule has 0 spiro atoms. The number of hydrogen-bond donors (Lipinski definition) is 0. The van der Waals surface area contributed by atoms with Crippen molar-refractivity contribution in [3.05, 3.63) is 91.0 Å². The minimum atomic E-state index is -3.02. The molecule has 0 aliphatic heterocycles. The molecule has 0 saturated heterocycles. The molecule has 0 aliphatic carbocycles. The van der Waals surface area contributed by atoms with Gasteiger partial charge in [0.25, 0.3) is 0 Å². The van der Waals surface area contributed by atoms with Crippen LogP contribution in [0.15, 0.2) is 91.0 Å². The first kappa shape index (κ1) is 24.7. The van der Waals surface area contributed by atoms with E-state index in [2.05, 4.69) is 113 Å². The third-order valence-corrected chi connectivity index (χ3v) is 16.0. The molecular formula is C28H34BrO2P. The molecule has 0 amide bonds. The second-order valence-corrected chi connectivity index (χ2v) is 18.4. The summed E-state index contributed by atoms with van der Waals surface area (Å²) in [6, 6.07) is 32.2. The van der Waals surface area contributed by atoms with E-state index >= 15 is 0 Å². The molecule has 0 fully saturated rings. The number of hydrogen-bond acceptors (Lipinski definition) is 2. The minimum absolute atomic E-state index is 0.105. The zero-order valence-corrected chi connectivity index (χ0v) is 22.0. The molecule has 0 radical (unpaired) electrons. The summed E-state index contributed by atoms with van der Waals surface area (Å²) in [5, 5.41) is 0.799. The Balaban J connectivity index is 2.16. The molecule has 3 rings (SSSR count). The summed E-state index contributed by atoms with van der Waals surface area (Å²) in [5.41, 5.74) is -0.483. The van der Waals surface area contributed by atoms with Gasteiger partial charge in [-0.05, 0) is 0 Å². The summed E-state index contributed by atoms with van der Waals surface area (Å²) >= 11 is 4.46. The van der Waals surface area contributed by atoms with Crippen LogP contribution in [0.2, 0.25) is 0 Å². The van der Waals surface area contributed by atoms with Crippen LogP contribution < -0.4 is 15.9 Å². The standard InChI is InChI=1S/C28H34BrO2P/c1-5-23(27(30)31-28(2,3)4)21-22-32(29,24-15-9-6-10-16-24,25-17-11-7-12-18-25)26-19-13-8-14-20-26/h6-20,23H,5,21-22H2,1-4H3. The molecule has 1 atom stereocenters. The van der Waals surface area contributed by atoms with Crippen LogP contribution >= 0.6 is 20.8 Å². The molecule has 170 valence electrons. The van der Waals surface area contributed by atoms with E-state index in [1.165, 1.54) is 15.9 Å². The zero-order valence-electron chi connectivity index (χ0n) is 19.5. The van der Waals surface area contributed by atoms with Crippen LogP contribution in [-0.4, -0.2) is 17.7 Å². The molecule has 0 aliphatic rings.